The molecule has 0 aliphatic rings. The van der Waals surface area contributed by atoms with Gasteiger partial charge >= 0.3 is 0 Å². The third-order valence-electron chi connectivity index (χ3n) is 4.81. The van der Waals surface area contributed by atoms with Crippen LogP contribution in [0.2, 0.25) is 0 Å². The lowest BCUT2D eigenvalue weighted by atomic mass is 9.78. The van der Waals surface area contributed by atoms with Crippen molar-refractivity contribution in [3.8, 4) is 0 Å². The number of rotatable bonds is 13. The van der Waals surface area contributed by atoms with Crippen molar-refractivity contribution in [1.82, 2.24) is 10.2 Å². The second kappa shape index (κ2) is 12.8. The van der Waals surface area contributed by atoms with E-state index in [1.807, 2.05) is 27.7 Å². The van der Waals surface area contributed by atoms with E-state index in [2.05, 4.69) is 12.2 Å². The van der Waals surface area contributed by atoms with Crippen LogP contribution in [0.4, 0.5) is 0 Å². The number of imide groups is 1. The first-order chi connectivity index (χ1) is 12.2. The zero-order valence-electron chi connectivity index (χ0n) is 17.3. The molecule has 0 saturated carbocycles. The molecule has 2 atom stereocenters. The maximum Gasteiger partial charge on any atom is 0.244 e. The summed E-state index contributed by atoms with van der Waals surface area (Å²) in [7, 11) is 0. The van der Waals surface area contributed by atoms with Gasteiger partial charge in [-0.05, 0) is 18.3 Å². The molecule has 0 aromatic heterocycles. The molecule has 3 N–H and O–H groups in total. The molecule has 0 aliphatic carbocycles. The van der Waals surface area contributed by atoms with Crippen molar-refractivity contribution >= 4 is 18.2 Å². The lowest BCUT2D eigenvalue weighted by Gasteiger charge is -2.34. The van der Waals surface area contributed by atoms with Crippen molar-refractivity contribution in [2.45, 2.75) is 85.6 Å². The molecule has 26 heavy (non-hydrogen) atoms. The summed E-state index contributed by atoms with van der Waals surface area (Å²) in [5, 5.41) is 2.82. The molecule has 0 aromatic rings. The molecule has 0 rings (SSSR count). The number of unbranched alkanes of at least 4 members (excludes halogenated alkanes) is 5. The van der Waals surface area contributed by atoms with E-state index in [-0.39, 0.29) is 29.7 Å². The molecule has 0 fully saturated rings. The molecule has 0 saturated heterocycles. The normalized spacial score (nSPS) is 13.8. The Hall–Kier alpha value is -1.43. The minimum atomic E-state index is -0.948. The highest BCUT2D eigenvalue weighted by molar-refractivity contribution is 5.95. The SMILES string of the molecule is CCCCCCCCNC(=O)C(CN)N(C=O)C(=O)C(CC)C(C)(C)C. The van der Waals surface area contributed by atoms with E-state index >= 15 is 0 Å². The Morgan fingerprint density at radius 1 is 1.08 bits per heavy atom. The number of amides is 3. The number of nitrogens with zero attached hydrogens (tertiary/aromatic N) is 1. The summed E-state index contributed by atoms with van der Waals surface area (Å²) in [6, 6.07) is -0.948. The first kappa shape index (κ1) is 24.6. The minimum absolute atomic E-state index is 0.0760. The summed E-state index contributed by atoms with van der Waals surface area (Å²) in [6.07, 6.45) is 7.82. The van der Waals surface area contributed by atoms with Crippen LogP contribution in [-0.2, 0) is 14.4 Å². The Bertz CT molecular complexity index is 433. The maximum atomic E-state index is 12.8. The fraction of sp³-hybridized carbons (Fsp3) is 0.850. The Kier molecular flexibility index (Phi) is 12.1. The molecule has 0 spiro atoms. The van der Waals surface area contributed by atoms with Crippen molar-refractivity contribution < 1.29 is 14.4 Å². The number of hydrogen-bond acceptors (Lipinski definition) is 4. The van der Waals surface area contributed by atoms with Crippen molar-refractivity contribution in [3.05, 3.63) is 0 Å². The van der Waals surface area contributed by atoms with E-state index < -0.39 is 6.04 Å². The van der Waals surface area contributed by atoms with Gasteiger partial charge in [0, 0.05) is 19.0 Å². The van der Waals surface area contributed by atoms with E-state index in [0.717, 1.165) is 24.2 Å². The van der Waals surface area contributed by atoms with Crippen LogP contribution in [0.15, 0.2) is 0 Å². The number of carbonyl (C=O) groups is 3. The zero-order valence-corrected chi connectivity index (χ0v) is 17.3. The van der Waals surface area contributed by atoms with Gasteiger partial charge in [0.25, 0.3) is 0 Å². The van der Waals surface area contributed by atoms with Gasteiger partial charge in [-0.1, -0.05) is 66.7 Å². The molecule has 2 unspecified atom stereocenters. The number of nitrogens with two attached hydrogens (primary N) is 1. The van der Waals surface area contributed by atoms with Crippen LogP contribution >= 0.6 is 0 Å². The van der Waals surface area contributed by atoms with Gasteiger partial charge in [0.05, 0.1) is 0 Å². The molecule has 6 nitrogen and oxygen atoms in total. The molecule has 6 heteroatoms. The predicted octanol–water partition coefficient (Wildman–Crippen LogP) is 2.85. The van der Waals surface area contributed by atoms with Gasteiger partial charge in [-0.25, -0.2) is 0 Å². The van der Waals surface area contributed by atoms with Crippen LogP contribution in [0.3, 0.4) is 0 Å². The predicted molar refractivity (Wildman–Crippen MR) is 105 cm³/mol. The molecule has 0 heterocycles. The van der Waals surface area contributed by atoms with Gasteiger partial charge in [0.2, 0.25) is 18.2 Å². The Morgan fingerprint density at radius 2 is 1.65 bits per heavy atom. The smallest absolute Gasteiger partial charge is 0.244 e. The third kappa shape index (κ3) is 8.30. The van der Waals surface area contributed by atoms with Gasteiger partial charge in [0.1, 0.15) is 6.04 Å². The van der Waals surface area contributed by atoms with E-state index in [1.165, 1.54) is 19.3 Å². The summed E-state index contributed by atoms with van der Waals surface area (Å²) in [6.45, 7) is 10.4. The highest BCUT2D eigenvalue weighted by atomic mass is 16.2. The van der Waals surface area contributed by atoms with E-state index in [9.17, 15) is 14.4 Å². The molecule has 0 aliphatic heterocycles. The third-order valence-corrected chi connectivity index (χ3v) is 4.81. The minimum Gasteiger partial charge on any atom is -0.354 e. The lowest BCUT2D eigenvalue weighted by Crippen LogP contribution is -2.55. The maximum absolute atomic E-state index is 12.8. The van der Waals surface area contributed by atoms with Crippen molar-refractivity contribution in [3.63, 3.8) is 0 Å². The van der Waals surface area contributed by atoms with Gasteiger partial charge in [-0.3, -0.25) is 19.3 Å². The van der Waals surface area contributed by atoms with Crippen molar-refractivity contribution in [1.29, 1.82) is 0 Å². The van der Waals surface area contributed by atoms with Crippen LogP contribution in [0, 0.1) is 11.3 Å². The molecule has 0 radical (unpaired) electrons. The quantitative estimate of drug-likeness (QED) is 0.386. The highest BCUT2D eigenvalue weighted by Crippen LogP contribution is 2.30. The van der Waals surface area contributed by atoms with Gasteiger partial charge < -0.3 is 11.1 Å². The first-order valence-electron chi connectivity index (χ1n) is 9.99. The van der Waals surface area contributed by atoms with Gasteiger partial charge in [-0.2, -0.15) is 0 Å². The molecular formula is C20H39N3O3. The van der Waals surface area contributed by atoms with Crippen LogP contribution < -0.4 is 11.1 Å². The summed E-state index contributed by atoms with van der Waals surface area (Å²) in [5.74, 6) is -1.03. The molecule has 152 valence electrons. The van der Waals surface area contributed by atoms with Crippen LogP contribution in [0.5, 0.6) is 0 Å². The van der Waals surface area contributed by atoms with Crippen LogP contribution in [0.25, 0.3) is 0 Å². The van der Waals surface area contributed by atoms with E-state index in [4.69, 9.17) is 5.73 Å². The largest absolute Gasteiger partial charge is 0.354 e. The Labute approximate surface area is 159 Å². The number of carbonyl (C=O) groups excluding carboxylic acids is 3. The molecule has 0 bridgehead atoms. The van der Waals surface area contributed by atoms with E-state index in [0.29, 0.717) is 19.4 Å². The second-order valence-corrected chi connectivity index (χ2v) is 7.99. The summed E-state index contributed by atoms with van der Waals surface area (Å²) in [5.41, 5.74) is 5.42. The fourth-order valence-electron chi connectivity index (χ4n) is 3.20. The van der Waals surface area contributed by atoms with Crippen LogP contribution in [-0.4, -0.2) is 42.3 Å². The number of hydrogen-bond donors (Lipinski definition) is 2. The molecular weight excluding hydrogens is 330 g/mol. The fourth-order valence-corrected chi connectivity index (χ4v) is 3.20. The molecule has 0 aromatic carbocycles. The Balaban J connectivity index is 4.71. The zero-order chi connectivity index (χ0) is 20.2. The topological polar surface area (TPSA) is 92.5 Å². The first-order valence-corrected chi connectivity index (χ1v) is 9.99. The Morgan fingerprint density at radius 3 is 2.12 bits per heavy atom. The average Bonchev–Trinajstić information content (AvgIpc) is 2.57. The highest BCUT2D eigenvalue weighted by Gasteiger charge is 2.37. The van der Waals surface area contributed by atoms with E-state index in [1.54, 1.807) is 0 Å². The number of nitrogens with one attached hydrogen (secondary N) is 1. The summed E-state index contributed by atoms with van der Waals surface area (Å²) in [4.78, 5) is 37.8. The average molecular weight is 370 g/mol. The lowest BCUT2D eigenvalue weighted by molar-refractivity contribution is -0.151. The van der Waals surface area contributed by atoms with Gasteiger partial charge in [0.15, 0.2) is 0 Å². The van der Waals surface area contributed by atoms with Crippen LogP contribution in [0.1, 0.15) is 79.6 Å². The second-order valence-electron chi connectivity index (χ2n) is 7.99. The van der Waals surface area contributed by atoms with Crippen molar-refractivity contribution in [2.75, 3.05) is 13.1 Å². The molecule has 3 amide bonds. The standard InChI is InChI=1S/C20H39N3O3/c1-6-8-9-10-11-12-13-22-18(25)17(14-21)23(15-24)19(26)16(7-2)20(3,4)5/h15-17H,6-14,21H2,1-5H3,(H,22,25). The summed E-state index contributed by atoms with van der Waals surface area (Å²) < 4.78 is 0. The monoisotopic (exact) mass is 369 g/mol. The van der Waals surface area contributed by atoms with Gasteiger partial charge in [-0.15, -0.1) is 0 Å². The van der Waals surface area contributed by atoms with Crippen molar-refractivity contribution in [2.24, 2.45) is 17.1 Å². The summed E-state index contributed by atoms with van der Waals surface area (Å²) >= 11 is 0.